The van der Waals surface area contributed by atoms with Crippen molar-refractivity contribution in [3.8, 4) is 0 Å². The summed E-state index contributed by atoms with van der Waals surface area (Å²) in [5.41, 5.74) is 1.14. The molecule has 1 N–H and O–H groups in total. The van der Waals surface area contributed by atoms with Crippen LogP contribution in [0.5, 0.6) is 0 Å². The van der Waals surface area contributed by atoms with Gasteiger partial charge in [0.05, 0.1) is 0 Å². The third kappa shape index (κ3) is 0.607. The minimum absolute atomic E-state index is 1.14. The zero-order chi connectivity index (χ0) is 5.28. The van der Waals surface area contributed by atoms with Gasteiger partial charge >= 0.3 is 0 Å². The van der Waals surface area contributed by atoms with Crippen LogP contribution in [0.1, 0.15) is 5.69 Å². The number of aromatic amines is 1. The summed E-state index contributed by atoms with van der Waals surface area (Å²) < 4.78 is 1.85. The average Bonchev–Trinajstić information content (AvgIpc) is 1.91. The first kappa shape index (κ1) is 4.30. The lowest BCUT2D eigenvalue weighted by molar-refractivity contribution is -0.735. The van der Waals surface area contributed by atoms with Crippen LogP contribution in [0.3, 0.4) is 0 Å². The van der Waals surface area contributed by atoms with Crippen molar-refractivity contribution in [1.82, 2.24) is 10.3 Å². The Kier molecular flexibility index (Phi) is 0.817. The molecule has 1 aromatic rings. The van der Waals surface area contributed by atoms with Crippen LogP contribution in [0, 0.1) is 6.92 Å². The van der Waals surface area contributed by atoms with Gasteiger partial charge in [0.1, 0.15) is 7.05 Å². The van der Waals surface area contributed by atoms with Crippen molar-refractivity contribution in [1.29, 1.82) is 0 Å². The highest BCUT2D eigenvalue weighted by Gasteiger charge is 1.95. The molecule has 3 heteroatoms. The number of hydrogen-bond donors (Lipinski definition) is 1. The Morgan fingerprint density at radius 3 is 2.71 bits per heavy atom. The lowest BCUT2D eigenvalue weighted by Gasteiger charge is -1.76. The molecule has 0 unspecified atom stereocenters. The van der Waals surface area contributed by atoms with E-state index in [9.17, 15) is 0 Å². The van der Waals surface area contributed by atoms with Crippen molar-refractivity contribution in [2.24, 2.45) is 7.05 Å². The van der Waals surface area contributed by atoms with E-state index in [-0.39, 0.29) is 0 Å². The predicted octanol–water partition coefficient (Wildman–Crippen LogP) is -0.457. The summed E-state index contributed by atoms with van der Waals surface area (Å²) in [6, 6.07) is 0. The van der Waals surface area contributed by atoms with Gasteiger partial charge in [-0.1, -0.05) is 5.21 Å². The molecule has 38 valence electrons. The highest BCUT2D eigenvalue weighted by Crippen LogP contribution is 1.74. The third-order valence-electron chi connectivity index (χ3n) is 0.988. The summed E-state index contributed by atoms with van der Waals surface area (Å²) in [6.07, 6.45) is 1.78. The fourth-order valence-electron chi connectivity index (χ4n) is 0.374. The van der Waals surface area contributed by atoms with E-state index >= 15 is 0 Å². The van der Waals surface area contributed by atoms with Crippen molar-refractivity contribution in [2.75, 3.05) is 0 Å². The standard InChI is InChI=1S/C4H7N3/c1-4-3-5-6-7(4)2/h3H,1-2H3/p+1. The van der Waals surface area contributed by atoms with E-state index in [1.165, 1.54) is 0 Å². The molecule has 1 aromatic heterocycles. The van der Waals surface area contributed by atoms with Gasteiger partial charge in [0, 0.05) is 12.0 Å². The fraction of sp³-hybridized carbons (Fsp3) is 0.500. The van der Waals surface area contributed by atoms with Gasteiger partial charge in [0.2, 0.25) is 6.20 Å². The van der Waals surface area contributed by atoms with Gasteiger partial charge in [0.15, 0.2) is 5.69 Å². The molecule has 0 aromatic carbocycles. The van der Waals surface area contributed by atoms with Crippen LogP contribution in [0.4, 0.5) is 0 Å². The normalized spacial score (nSPS) is 9.43. The number of H-pyrrole nitrogens is 1. The quantitative estimate of drug-likeness (QED) is 0.438. The molecule has 0 bridgehead atoms. The van der Waals surface area contributed by atoms with Crippen LogP contribution in [0.25, 0.3) is 0 Å². The molecule has 1 rings (SSSR count). The second-order valence-corrected chi connectivity index (χ2v) is 1.56. The van der Waals surface area contributed by atoms with Gasteiger partial charge in [-0.2, -0.15) is 4.68 Å². The van der Waals surface area contributed by atoms with Gasteiger partial charge < -0.3 is 0 Å². The van der Waals surface area contributed by atoms with Crippen molar-refractivity contribution in [2.45, 2.75) is 6.92 Å². The Morgan fingerprint density at radius 1 is 1.86 bits per heavy atom. The second kappa shape index (κ2) is 1.33. The molecule has 0 aliphatic carbocycles. The van der Waals surface area contributed by atoms with E-state index in [1.54, 1.807) is 6.20 Å². The molecule has 3 nitrogen and oxygen atoms in total. The predicted molar refractivity (Wildman–Crippen MR) is 24.5 cm³/mol. The number of aromatic nitrogens is 3. The summed E-state index contributed by atoms with van der Waals surface area (Å²) in [5.74, 6) is 0. The van der Waals surface area contributed by atoms with Crippen molar-refractivity contribution < 1.29 is 4.68 Å². The number of nitrogens with one attached hydrogen (secondary N) is 1. The Labute approximate surface area is 42.0 Å². The highest BCUT2D eigenvalue weighted by molar-refractivity contribution is 4.75. The zero-order valence-corrected chi connectivity index (χ0v) is 4.47. The molecule has 7 heavy (non-hydrogen) atoms. The monoisotopic (exact) mass is 98.1 g/mol. The Morgan fingerprint density at radius 2 is 2.57 bits per heavy atom. The number of aryl methyl sites for hydroxylation is 2. The molecule has 0 aliphatic heterocycles. The van der Waals surface area contributed by atoms with E-state index < -0.39 is 0 Å². The lowest BCUT2D eigenvalue weighted by Crippen LogP contribution is -2.32. The maximum atomic E-state index is 3.76. The average molecular weight is 98.1 g/mol. The van der Waals surface area contributed by atoms with Crippen LogP contribution >= 0.6 is 0 Å². The fourth-order valence-corrected chi connectivity index (χ4v) is 0.374. The topological polar surface area (TPSA) is 32.6 Å². The maximum absolute atomic E-state index is 3.76. The largest absolute Gasteiger partial charge is 0.208 e. The first-order valence-electron chi connectivity index (χ1n) is 2.16. The van der Waals surface area contributed by atoms with Crippen molar-refractivity contribution >= 4 is 0 Å². The molecule has 0 saturated heterocycles. The van der Waals surface area contributed by atoms with Gasteiger partial charge in [-0.15, -0.1) is 0 Å². The lowest BCUT2D eigenvalue weighted by atomic mass is 10.6. The Hall–Kier alpha value is -0.860. The van der Waals surface area contributed by atoms with Crippen LogP contribution in [0.2, 0.25) is 0 Å². The molecule has 0 saturated carbocycles. The number of hydrogen-bond acceptors (Lipinski definition) is 1. The zero-order valence-electron chi connectivity index (χ0n) is 4.47. The molecule has 0 aliphatic rings. The molecule has 0 spiro atoms. The molecule has 1 heterocycles. The minimum Gasteiger partial charge on any atom is -0.163 e. The molecular formula is C4H8N3+. The maximum Gasteiger partial charge on any atom is 0.208 e. The van der Waals surface area contributed by atoms with Crippen molar-refractivity contribution in [3.05, 3.63) is 11.9 Å². The molecule has 0 amide bonds. The van der Waals surface area contributed by atoms with Gasteiger partial charge in [0.25, 0.3) is 0 Å². The number of nitrogens with zero attached hydrogens (tertiary/aromatic N) is 2. The van der Waals surface area contributed by atoms with E-state index in [0.717, 1.165) is 5.69 Å². The smallest absolute Gasteiger partial charge is 0.163 e. The summed E-state index contributed by atoms with van der Waals surface area (Å²) >= 11 is 0. The Bertz CT molecular complexity index is 139. The summed E-state index contributed by atoms with van der Waals surface area (Å²) in [4.78, 5) is 0. The summed E-state index contributed by atoms with van der Waals surface area (Å²) in [5, 5.41) is 6.49. The first-order chi connectivity index (χ1) is 3.30. The second-order valence-electron chi connectivity index (χ2n) is 1.56. The minimum atomic E-state index is 1.14. The van der Waals surface area contributed by atoms with Gasteiger partial charge in [-0.3, -0.25) is 0 Å². The SMILES string of the molecule is Cc1cn[nH][n+]1C. The summed E-state index contributed by atoms with van der Waals surface area (Å²) in [6.45, 7) is 1.99. The van der Waals surface area contributed by atoms with Crippen molar-refractivity contribution in [3.63, 3.8) is 0 Å². The van der Waals surface area contributed by atoms with Gasteiger partial charge in [-0.25, -0.2) is 0 Å². The summed E-state index contributed by atoms with van der Waals surface area (Å²) in [7, 11) is 1.92. The Balaban J connectivity index is 3.12. The molecule has 0 atom stereocenters. The first-order valence-corrected chi connectivity index (χ1v) is 2.16. The van der Waals surface area contributed by atoms with E-state index in [2.05, 4.69) is 10.3 Å². The highest BCUT2D eigenvalue weighted by atomic mass is 15.4. The van der Waals surface area contributed by atoms with E-state index in [4.69, 9.17) is 0 Å². The molecule has 0 fully saturated rings. The van der Waals surface area contributed by atoms with E-state index in [1.807, 2.05) is 18.7 Å². The van der Waals surface area contributed by atoms with Crippen LogP contribution in [-0.2, 0) is 7.05 Å². The van der Waals surface area contributed by atoms with Gasteiger partial charge in [-0.05, 0) is 0 Å². The third-order valence-corrected chi connectivity index (χ3v) is 0.988. The number of rotatable bonds is 0. The van der Waals surface area contributed by atoms with E-state index in [0.29, 0.717) is 0 Å². The molecule has 0 radical (unpaired) electrons. The van der Waals surface area contributed by atoms with Crippen LogP contribution in [0.15, 0.2) is 6.20 Å². The molecular weight excluding hydrogens is 90.1 g/mol. The van der Waals surface area contributed by atoms with Crippen LogP contribution in [-0.4, -0.2) is 10.3 Å². The van der Waals surface area contributed by atoms with Crippen LogP contribution < -0.4 is 4.68 Å².